The van der Waals surface area contributed by atoms with Crippen LogP contribution in [0.3, 0.4) is 0 Å². The fraction of sp³-hybridized carbons (Fsp3) is 0.750. The maximum absolute atomic E-state index is 5.43. The zero-order valence-electron chi connectivity index (χ0n) is 12.0. The number of aromatic nitrogens is 3. The van der Waals surface area contributed by atoms with Crippen molar-refractivity contribution in [1.82, 2.24) is 15.0 Å². The monoisotopic (exact) mass is 266 g/mol. The van der Waals surface area contributed by atoms with Crippen molar-refractivity contribution in [3.63, 3.8) is 0 Å². The van der Waals surface area contributed by atoms with Crippen LogP contribution < -0.4 is 15.5 Å². The van der Waals surface area contributed by atoms with Crippen molar-refractivity contribution in [2.75, 3.05) is 49.4 Å². The second kappa shape index (κ2) is 5.56. The molecule has 0 aliphatic carbocycles. The molecule has 1 saturated heterocycles. The minimum absolute atomic E-state index is 0.103. The van der Waals surface area contributed by atoms with Crippen LogP contribution >= 0.6 is 0 Å². The van der Waals surface area contributed by atoms with Crippen molar-refractivity contribution in [3.05, 3.63) is 0 Å². The first-order valence-corrected chi connectivity index (χ1v) is 6.55. The summed E-state index contributed by atoms with van der Waals surface area (Å²) < 4.78 is 5.43. The highest BCUT2D eigenvalue weighted by atomic mass is 16.5. The van der Waals surface area contributed by atoms with E-state index in [0.29, 0.717) is 24.5 Å². The first kappa shape index (κ1) is 13.8. The third-order valence-corrected chi connectivity index (χ3v) is 2.99. The summed E-state index contributed by atoms with van der Waals surface area (Å²) >= 11 is 0. The van der Waals surface area contributed by atoms with Gasteiger partial charge in [-0.25, -0.2) is 0 Å². The van der Waals surface area contributed by atoms with Gasteiger partial charge in [0.1, 0.15) is 0 Å². The van der Waals surface area contributed by atoms with E-state index in [-0.39, 0.29) is 5.54 Å². The van der Waals surface area contributed by atoms with E-state index < -0.39 is 0 Å². The molecule has 2 rings (SSSR count). The van der Waals surface area contributed by atoms with Gasteiger partial charge in [-0.1, -0.05) is 0 Å². The Hall–Kier alpha value is -1.63. The molecule has 1 aromatic heterocycles. The molecule has 1 aromatic rings. The molecule has 2 N–H and O–H groups in total. The first-order chi connectivity index (χ1) is 9.02. The van der Waals surface area contributed by atoms with Crippen molar-refractivity contribution >= 4 is 17.8 Å². The second-order valence-electron chi connectivity index (χ2n) is 5.20. The zero-order chi connectivity index (χ0) is 13.9. The van der Waals surface area contributed by atoms with Crippen LogP contribution in [0.25, 0.3) is 0 Å². The average molecular weight is 266 g/mol. The molecule has 0 saturated carbocycles. The van der Waals surface area contributed by atoms with Crippen LogP contribution in [0, 0.1) is 0 Å². The summed E-state index contributed by atoms with van der Waals surface area (Å²) in [6.07, 6.45) is 0.951. The Kier molecular flexibility index (Phi) is 4.04. The molecule has 0 bridgehead atoms. The van der Waals surface area contributed by atoms with Gasteiger partial charge in [0.15, 0.2) is 0 Å². The normalized spacial score (nSPS) is 22.3. The van der Waals surface area contributed by atoms with E-state index in [4.69, 9.17) is 4.74 Å². The van der Waals surface area contributed by atoms with Gasteiger partial charge in [-0.15, -0.1) is 0 Å². The van der Waals surface area contributed by atoms with Gasteiger partial charge in [0.25, 0.3) is 0 Å². The quantitative estimate of drug-likeness (QED) is 0.822. The molecule has 0 spiro atoms. The maximum Gasteiger partial charge on any atom is 0.231 e. The molecule has 106 valence electrons. The Morgan fingerprint density at radius 3 is 2.58 bits per heavy atom. The summed E-state index contributed by atoms with van der Waals surface area (Å²) in [5, 5.41) is 6.48. The van der Waals surface area contributed by atoms with Gasteiger partial charge in [-0.3, -0.25) is 0 Å². The number of ether oxygens (including phenoxy) is 1. The molecule has 1 atom stereocenters. The molecule has 0 amide bonds. The van der Waals surface area contributed by atoms with Crippen LogP contribution in [0.2, 0.25) is 0 Å². The minimum atomic E-state index is -0.103. The predicted octanol–water partition coefficient (Wildman–Crippen LogP) is 0.960. The Bertz CT molecular complexity index is 430. The first-order valence-electron chi connectivity index (χ1n) is 6.55. The molecule has 19 heavy (non-hydrogen) atoms. The van der Waals surface area contributed by atoms with Crippen molar-refractivity contribution in [3.8, 4) is 0 Å². The van der Waals surface area contributed by atoms with Crippen molar-refractivity contribution in [2.24, 2.45) is 0 Å². The van der Waals surface area contributed by atoms with Gasteiger partial charge in [0.2, 0.25) is 17.8 Å². The summed E-state index contributed by atoms with van der Waals surface area (Å²) in [6.45, 7) is 6.35. The van der Waals surface area contributed by atoms with Crippen LogP contribution in [0.1, 0.15) is 20.3 Å². The van der Waals surface area contributed by atoms with Crippen LogP contribution in [0.4, 0.5) is 17.8 Å². The van der Waals surface area contributed by atoms with Gasteiger partial charge in [-0.05, 0) is 20.3 Å². The fourth-order valence-corrected chi connectivity index (χ4v) is 1.89. The van der Waals surface area contributed by atoms with Crippen LogP contribution in [0.5, 0.6) is 0 Å². The van der Waals surface area contributed by atoms with E-state index in [2.05, 4.69) is 32.5 Å². The molecule has 0 aromatic carbocycles. The van der Waals surface area contributed by atoms with Gasteiger partial charge in [0.05, 0.1) is 12.1 Å². The van der Waals surface area contributed by atoms with E-state index >= 15 is 0 Å². The molecule has 2 heterocycles. The topological polar surface area (TPSA) is 75.2 Å². The van der Waals surface area contributed by atoms with Gasteiger partial charge < -0.3 is 20.3 Å². The summed E-state index contributed by atoms with van der Waals surface area (Å²) in [7, 11) is 3.82. The van der Waals surface area contributed by atoms with Crippen molar-refractivity contribution in [2.45, 2.75) is 25.8 Å². The van der Waals surface area contributed by atoms with Gasteiger partial charge in [0, 0.05) is 27.2 Å². The highest BCUT2D eigenvalue weighted by Gasteiger charge is 2.30. The lowest BCUT2D eigenvalue weighted by Gasteiger charge is -2.24. The van der Waals surface area contributed by atoms with Crippen molar-refractivity contribution < 1.29 is 4.74 Å². The molecule has 7 heteroatoms. The highest BCUT2D eigenvalue weighted by Crippen LogP contribution is 2.23. The number of hydrogen-bond acceptors (Lipinski definition) is 7. The summed E-state index contributed by atoms with van der Waals surface area (Å²) in [6, 6.07) is 0. The number of rotatable bonds is 5. The van der Waals surface area contributed by atoms with E-state index in [0.717, 1.165) is 19.6 Å². The number of nitrogens with zero attached hydrogens (tertiary/aromatic N) is 4. The molecule has 1 unspecified atom stereocenters. The third-order valence-electron chi connectivity index (χ3n) is 2.99. The lowest BCUT2D eigenvalue weighted by Crippen LogP contribution is -2.36. The number of anilines is 3. The van der Waals surface area contributed by atoms with Crippen LogP contribution in [0.15, 0.2) is 0 Å². The van der Waals surface area contributed by atoms with Crippen molar-refractivity contribution in [1.29, 1.82) is 0 Å². The second-order valence-corrected chi connectivity index (χ2v) is 5.20. The summed E-state index contributed by atoms with van der Waals surface area (Å²) in [5.41, 5.74) is -0.103. The Morgan fingerprint density at radius 2 is 2.00 bits per heavy atom. The average Bonchev–Trinajstić information content (AvgIpc) is 2.75. The predicted molar refractivity (Wildman–Crippen MR) is 75.8 cm³/mol. The minimum Gasteiger partial charge on any atom is -0.379 e. The maximum atomic E-state index is 5.43. The van der Waals surface area contributed by atoms with E-state index in [1.807, 2.05) is 25.9 Å². The van der Waals surface area contributed by atoms with Gasteiger partial charge >= 0.3 is 0 Å². The number of nitrogens with one attached hydrogen (secondary N) is 2. The Morgan fingerprint density at radius 1 is 1.26 bits per heavy atom. The van der Waals surface area contributed by atoms with E-state index in [1.54, 1.807) is 0 Å². The number of hydrogen-bond donors (Lipinski definition) is 2. The van der Waals surface area contributed by atoms with E-state index in [9.17, 15) is 0 Å². The highest BCUT2D eigenvalue weighted by molar-refractivity contribution is 5.44. The molecule has 1 fully saturated rings. The van der Waals surface area contributed by atoms with Crippen LogP contribution in [-0.4, -0.2) is 54.3 Å². The zero-order valence-corrected chi connectivity index (χ0v) is 12.0. The lowest BCUT2D eigenvalue weighted by molar-refractivity contribution is 0.185. The van der Waals surface area contributed by atoms with Crippen LogP contribution in [-0.2, 0) is 4.74 Å². The Balaban J connectivity index is 2.22. The smallest absolute Gasteiger partial charge is 0.231 e. The molecule has 0 radical (unpaired) electrons. The standard InChI is InChI=1S/C12H22N6O/c1-5-13-9-14-10(16-11(15-9)18(3)4)17-12(2)6-7-19-8-12/h5-8H2,1-4H3,(H2,13,14,15,16,17). The molecule has 7 nitrogen and oxygen atoms in total. The fourth-order valence-electron chi connectivity index (χ4n) is 1.89. The van der Waals surface area contributed by atoms with E-state index in [1.165, 1.54) is 0 Å². The SMILES string of the molecule is CCNc1nc(NC2(C)CCOC2)nc(N(C)C)n1. The lowest BCUT2D eigenvalue weighted by atomic mass is 10.0. The molecule has 1 aliphatic rings. The molecular formula is C12H22N6O. The van der Waals surface area contributed by atoms with Gasteiger partial charge in [-0.2, -0.15) is 15.0 Å². The molecule has 1 aliphatic heterocycles. The largest absolute Gasteiger partial charge is 0.379 e. The Labute approximate surface area is 113 Å². The summed E-state index contributed by atoms with van der Waals surface area (Å²) in [5.74, 6) is 1.81. The summed E-state index contributed by atoms with van der Waals surface area (Å²) in [4.78, 5) is 15.0. The third kappa shape index (κ3) is 3.44. The molecular weight excluding hydrogens is 244 g/mol.